The van der Waals surface area contributed by atoms with Gasteiger partial charge in [0.25, 0.3) is 5.91 Å². The Hall–Kier alpha value is -1.59. The first-order valence-corrected chi connectivity index (χ1v) is 9.85. The summed E-state index contributed by atoms with van der Waals surface area (Å²) < 4.78 is 18.0. The molecule has 0 unspecified atom stereocenters. The zero-order chi connectivity index (χ0) is 16.9. The van der Waals surface area contributed by atoms with Crippen LogP contribution in [-0.2, 0) is 16.6 Å². The summed E-state index contributed by atoms with van der Waals surface area (Å²) in [6.07, 6.45) is 4.42. The zero-order valence-corrected chi connectivity index (χ0v) is 14.9. The predicted molar refractivity (Wildman–Crippen MR) is 94.6 cm³/mol. The Morgan fingerprint density at radius 3 is 2.58 bits per heavy atom. The molecule has 1 atom stereocenters. The van der Waals surface area contributed by atoms with Crippen LogP contribution in [-0.4, -0.2) is 28.1 Å². The Morgan fingerprint density at radius 2 is 1.88 bits per heavy atom. The van der Waals surface area contributed by atoms with E-state index in [1.54, 1.807) is 36.4 Å². The van der Waals surface area contributed by atoms with Crippen LogP contribution in [0.4, 0.5) is 0 Å². The minimum atomic E-state index is -1.26. The molecule has 128 valence electrons. The first-order valence-electron chi connectivity index (χ1n) is 8.15. The molecule has 1 aromatic heterocycles. The van der Waals surface area contributed by atoms with Crippen LogP contribution >= 0.6 is 11.6 Å². The average molecular weight is 366 g/mol. The highest BCUT2D eigenvalue weighted by Crippen LogP contribution is 2.20. The van der Waals surface area contributed by atoms with Crippen LogP contribution in [0.5, 0.6) is 0 Å². The molecule has 0 aliphatic carbocycles. The van der Waals surface area contributed by atoms with Crippen molar-refractivity contribution in [3.8, 4) is 0 Å². The minimum Gasteiger partial charge on any atom is -0.455 e. The van der Waals surface area contributed by atoms with Gasteiger partial charge in [-0.1, -0.05) is 30.5 Å². The van der Waals surface area contributed by atoms with Gasteiger partial charge in [0, 0.05) is 23.0 Å². The van der Waals surface area contributed by atoms with Crippen LogP contribution in [0.15, 0.2) is 45.7 Å². The summed E-state index contributed by atoms with van der Waals surface area (Å²) >= 11 is 5.93. The van der Waals surface area contributed by atoms with Gasteiger partial charge < -0.3 is 9.32 Å². The van der Waals surface area contributed by atoms with Crippen molar-refractivity contribution >= 4 is 28.3 Å². The molecular weight excluding hydrogens is 346 g/mol. The van der Waals surface area contributed by atoms with E-state index < -0.39 is 10.8 Å². The molecule has 1 aliphatic rings. The third-order valence-electron chi connectivity index (χ3n) is 4.10. The predicted octanol–water partition coefficient (Wildman–Crippen LogP) is 4.26. The van der Waals surface area contributed by atoms with Crippen LogP contribution in [0.3, 0.4) is 0 Å². The molecule has 4 nitrogen and oxygen atoms in total. The molecule has 3 rings (SSSR count). The Balaban J connectivity index is 1.66. The van der Waals surface area contributed by atoms with Crippen LogP contribution in [0.25, 0.3) is 0 Å². The molecule has 0 spiro atoms. The lowest BCUT2D eigenvalue weighted by Gasteiger charge is -2.18. The smallest absolute Gasteiger partial charge is 0.289 e. The second kappa shape index (κ2) is 7.99. The number of nitrogens with zero attached hydrogens (tertiary/aromatic N) is 1. The third-order valence-corrected chi connectivity index (χ3v) is 5.66. The molecule has 0 radical (unpaired) electrons. The number of benzene rings is 1. The Labute approximate surface area is 149 Å². The van der Waals surface area contributed by atoms with Crippen LogP contribution in [0.2, 0.25) is 5.02 Å². The van der Waals surface area contributed by atoms with E-state index in [1.165, 1.54) is 12.8 Å². The number of hydrogen-bond acceptors (Lipinski definition) is 3. The molecule has 2 heterocycles. The van der Waals surface area contributed by atoms with Crippen LogP contribution < -0.4 is 0 Å². The lowest BCUT2D eigenvalue weighted by molar-refractivity contribution is 0.0728. The molecule has 0 saturated carbocycles. The van der Waals surface area contributed by atoms with E-state index >= 15 is 0 Å². The normalized spacial score (nSPS) is 16.6. The minimum absolute atomic E-state index is 0.0725. The number of likely N-dealkylation sites (tertiary alicyclic amines) is 1. The summed E-state index contributed by atoms with van der Waals surface area (Å²) in [4.78, 5) is 15.0. The fraction of sp³-hybridized carbons (Fsp3) is 0.389. The molecule has 0 N–H and O–H groups in total. The number of amides is 1. The fourth-order valence-corrected chi connectivity index (χ4v) is 4.15. The monoisotopic (exact) mass is 365 g/mol. The highest BCUT2D eigenvalue weighted by atomic mass is 35.5. The lowest BCUT2D eigenvalue weighted by atomic mass is 10.2. The Bertz CT molecular complexity index is 735. The van der Waals surface area contributed by atoms with Gasteiger partial charge in [-0.3, -0.25) is 9.00 Å². The summed E-state index contributed by atoms with van der Waals surface area (Å²) in [6.45, 7) is 1.56. The van der Waals surface area contributed by atoms with Gasteiger partial charge in [-0.15, -0.1) is 0 Å². The first-order chi connectivity index (χ1) is 11.6. The molecule has 1 fully saturated rings. The second-order valence-electron chi connectivity index (χ2n) is 5.92. The molecule has 0 bridgehead atoms. The standard InChI is InChI=1S/C18H20ClNO3S/c19-14-6-5-7-16(12-14)24(22)13-15-8-9-17(23-15)18(21)20-10-3-1-2-4-11-20/h5-9,12H,1-4,10-11,13H2/t24-/m0/s1. The van der Waals surface area contributed by atoms with Crippen molar-refractivity contribution in [1.29, 1.82) is 0 Å². The maximum absolute atomic E-state index is 12.5. The van der Waals surface area contributed by atoms with Gasteiger partial charge >= 0.3 is 0 Å². The topological polar surface area (TPSA) is 50.5 Å². The number of furan rings is 1. The van der Waals surface area contributed by atoms with Crippen molar-refractivity contribution in [2.75, 3.05) is 13.1 Å². The molecule has 2 aromatic rings. The van der Waals surface area contributed by atoms with Gasteiger partial charge in [-0.2, -0.15) is 0 Å². The summed E-state index contributed by atoms with van der Waals surface area (Å²) in [6, 6.07) is 10.4. The van der Waals surface area contributed by atoms with E-state index in [-0.39, 0.29) is 11.7 Å². The second-order valence-corrected chi connectivity index (χ2v) is 7.81. The lowest BCUT2D eigenvalue weighted by Crippen LogP contribution is -2.31. The van der Waals surface area contributed by atoms with Crippen molar-refractivity contribution in [2.24, 2.45) is 0 Å². The molecule has 1 aromatic carbocycles. The van der Waals surface area contributed by atoms with Crippen LogP contribution in [0, 0.1) is 0 Å². The first kappa shape index (κ1) is 17.2. The number of hydrogen-bond donors (Lipinski definition) is 0. The molecular formula is C18H20ClNO3S. The Morgan fingerprint density at radius 1 is 1.12 bits per heavy atom. The highest BCUT2D eigenvalue weighted by Gasteiger charge is 2.21. The number of halogens is 1. The zero-order valence-electron chi connectivity index (χ0n) is 13.4. The summed E-state index contributed by atoms with van der Waals surface area (Å²) in [5, 5.41) is 0.553. The molecule has 24 heavy (non-hydrogen) atoms. The van der Waals surface area contributed by atoms with Gasteiger partial charge in [0.2, 0.25) is 0 Å². The SMILES string of the molecule is O=C(c1ccc(C[S@](=O)c2cccc(Cl)c2)o1)N1CCCCCC1. The highest BCUT2D eigenvalue weighted by molar-refractivity contribution is 7.84. The molecule has 6 heteroatoms. The molecule has 1 saturated heterocycles. The van der Waals surface area contributed by atoms with Gasteiger partial charge in [0.1, 0.15) is 5.76 Å². The van der Waals surface area contributed by atoms with Crippen molar-refractivity contribution in [2.45, 2.75) is 36.3 Å². The summed E-state index contributed by atoms with van der Waals surface area (Å²) in [5.41, 5.74) is 0. The fourth-order valence-electron chi connectivity index (χ4n) is 2.82. The van der Waals surface area contributed by atoms with E-state index in [1.807, 2.05) is 4.90 Å². The number of carbonyl (C=O) groups is 1. The summed E-state index contributed by atoms with van der Waals surface area (Å²) in [5.74, 6) is 1.03. The number of rotatable bonds is 4. The van der Waals surface area contributed by atoms with E-state index in [0.29, 0.717) is 21.4 Å². The van der Waals surface area contributed by atoms with Crippen molar-refractivity contribution in [3.63, 3.8) is 0 Å². The van der Waals surface area contributed by atoms with E-state index in [0.717, 1.165) is 25.9 Å². The van der Waals surface area contributed by atoms with Crippen molar-refractivity contribution in [3.05, 3.63) is 52.9 Å². The van der Waals surface area contributed by atoms with Crippen molar-refractivity contribution < 1.29 is 13.4 Å². The van der Waals surface area contributed by atoms with Gasteiger partial charge in [-0.05, 0) is 43.2 Å². The number of carbonyl (C=O) groups excluding carboxylic acids is 1. The van der Waals surface area contributed by atoms with E-state index in [9.17, 15) is 9.00 Å². The summed E-state index contributed by atoms with van der Waals surface area (Å²) in [7, 11) is -1.26. The van der Waals surface area contributed by atoms with Gasteiger partial charge in [0.15, 0.2) is 5.76 Å². The largest absolute Gasteiger partial charge is 0.455 e. The van der Waals surface area contributed by atoms with Gasteiger partial charge in [-0.25, -0.2) is 0 Å². The quantitative estimate of drug-likeness (QED) is 0.813. The maximum Gasteiger partial charge on any atom is 0.289 e. The van der Waals surface area contributed by atoms with E-state index in [4.69, 9.17) is 16.0 Å². The molecule has 1 aliphatic heterocycles. The Kier molecular flexibility index (Phi) is 5.74. The maximum atomic E-state index is 12.5. The average Bonchev–Trinajstić information content (AvgIpc) is 2.87. The third kappa shape index (κ3) is 4.28. The van der Waals surface area contributed by atoms with E-state index in [2.05, 4.69) is 0 Å². The van der Waals surface area contributed by atoms with Crippen molar-refractivity contribution in [1.82, 2.24) is 4.90 Å². The van der Waals surface area contributed by atoms with Gasteiger partial charge in [0.05, 0.1) is 16.6 Å². The van der Waals surface area contributed by atoms with Crippen LogP contribution in [0.1, 0.15) is 42.0 Å². The molecule has 1 amide bonds.